The Kier molecular flexibility index (Phi) is 7.72. The van der Waals surface area contributed by atoms with E-state index in [9.17, 15) is 4.79 Å². The fourth-order valence-corrected chi connectivity index (χ4v) is 1.29. The molecular weight excluding hydrogens is 250 g/mol. The zero-order valence-electron chi connectivity index (χ0n) is 11.3. The molecule has 0 unspecified atom stereocenters. The maximum atomic E-state index is 11.2. The van der Waals surface area contributed by atoms with Crippen molar-refractivity contribution in [1.82, 2.24) is 4.98 Å². The number of aromatic nitrogens is 1. The molecule has 0 bridgehead atoms. The van der Waals surface area contributed by atoms with Crippen LogP contribution in [0, 0.1) is 0 Å². The lowest BCUT2D eigenvalue weighted by Crippen LogP contribution is -2.09. The van der Waals surface area contributed by atoms with Gasteiger partial charge in [-0.05, 0) is 12.1 Å². The fraction of sp³-hybridized carbons (Fsp3) is 0.538. The topological polar surface area (TPSA) is 66.9 Å². The van der Waals surface area contributed by atoms with E-state index in [4.69, 9.17) is 14.2 Å². The predicted molar refractivity (Wildman–Crippen MR) is 67.9 cm³/mol. The highest BCUT2D eigenvalue weighted by Gasteiger charge is 2.05. The Hall–Kier alpha value is -1.50. The van der Waals surface area contributed by atoms with Crippen LogP contribution in [0.25, 0.3) is 0 Å². The summed E-state index contributed by atoms with van der Waals surface area (Å²) in [4.78, 5) is 15.3. The number of carbonyl (C=O) groups is 1. The van der Waals surface area contributed by atoms with Crippen molar-refractivity contribution >= 4 is 5.97 Å². The normalized spacial score (nSPS) is 10.4. The summed E-state index contributed by atoms with van der Waals surface area (Å²) in [6.45, 7) is 2.53. The van der Waals surface area contributed by atoms with Crippen molar-refractivity contribution in [2.24, 2.45) is 0 Å². The Morgan fingerprint density at radius 2 is 1.84 bits per heavy atom. The van der Waals surface area contributed by atoms with Gasteiger partial charge < -0.3 is 18.9 Å². The summed E-state index contributed by atoms with van der Waals surface area (Å²) >= 11 is 0. The van der Waals surface area contributed by atoms with Gasteiger partial charge in [0.05, 0.1) is 51.4 Å². The van der Waals surface area contributed by atoms with Crippen molar-refractivity contribution in [2.45, 2.75) is 6.61 Å². The van der Waals surface area contributed by atoms with Crippen LogP contribution >= 0.6 is 0 Å². The van der Waals surface area contributed by atoms with Gasteiger partial charge in [0.2, 0.25) is 0 Å². The van der Waals surface area contributed by atoms with Crippen molar-refractivity contribution in [3.05, 3.63) is 29.6 Å². The van der Waals surface area contributed by atoms with Gasteiger partial charge in [-0.3, -0.25) is 4.98 Å². The minimum Gasteiger partial charge on any atom is -0.465 e. The molecule has 0 aliphatic rings. The maximum Gasteiger partial charge on any atom is 0.339 e. The highest BCUT2D eigenvalue weighted by molar-refractivity contribution is 5.88. The summed E-state index contributed by atoms with van der Waals surface area (Å²) in [7, 11) is 2.96. The van der Waals surface area contributed by atoms with Gasteiger partial charge in [0.25, 0.3) is 0 Å². The number of rotatable bonds is 9. The van der Waals surface area contributed by atoms with E-state index < -0.39 is 5.97 Å². The molecule has 106 valence electrons. The van der Waals surface area contributed by atoms with E-state index in [0.717, 1.165) is 5.69 Å². The Bertz CT molecular complexity index is 366. The molecule has 0 aliphatic heterocycles. The first-order chi connectivity index (χ1) is 9.27. The molecule has 6 heteroatoms. The van der Waals surface area contributed by atoms with Crippen LogP contribution in [-0.2, 0) is 25.6 Å². The molecule has 0 atom stereocenters. The number of carbonyl (C=O) groups excluding carboxylic acids is 1. The minimum absolute atomic E-state index is 0.384. The number of nitrogens with zero attached hydrogens (tertiary/aromatic N) is 1. The van der Waals surface area contributed by atoms with Crippen molar-refractivity contribution in [2.75, 3.05) is 40.6 Å². The van der Waals surface area contributed by atoms with Gasteiger partial charge in [-0.25, -0.2) is 4.79 Å². The summed E-state index contributed by atoms with van der Waals surface area (Å²) in [5.74, 6) is -0.397. The lowest BCUT2D eigenvalue weighted by Gasteiger charge is -2.05. The summed E-state index contributed by atoms with van der Waals surface area (Å²) < 4.78 is 20.1. The fourth-order valence-electron chi connectivity index (χ4n) is 1.29. The molecule has 1 aromatic rings. The van der Waals surface area contributed by atoms with Gasteiger partial charge in [-0.2, -0.15) is 0 Å². The second kappa shape index (κ2) is 9.43. The van der Waals surface area contributed by atoms with Crippen molar-refractivity contribution in [3.63, 3.8) is 0 Å². The predicted octanol–water partition coefficient (Wildman–Crippen LogP) is 1.05. The van der Waals surface area contributed by atoms with Crippen LogP contribution in [0.5, 0.6) is 0 Å². The summed E-state index contributed by atoms with van der Waals surface area (Å²) in [6.07, 6.45) is 1.47. The first kappa shape index (κ1) is 15.6. The van der Waals surface area contributed by atoms with E-state index in [1.807, 2.05) is 0 Å². The Morgan fingerprint density at radius 1 is 1.11 bits per heavy atom. The van der Waals surface area contributed by atoms with Crippen LogP contribution in [-0.4, -0.2) is 51.6 Å². The standard InChI is InChI=1S/C13H19NO5/c1-16-5-6-18-7-8-19-10-12-4-3-11(9-14-12)13(15)17-2/h3-4,9H,5-8,10H2,1-2H3. The molecule has 0 saturated carbocycles. The van der Waals surface area contributed by atoms with Crippen LogP contribution in [0.1, 0.15) is 16.1 Å². The quantitative estimate of drug-likeness (QED) is 0.493. The van der Waals surface area contributed by atoms with Gasteiger partial charge in [-0.15, -0.1) is 0 Å². The number of ether oxygens (including phenoxy) is 4. The van der Waals surface area contributed by atoms with Gasteiger partial charge in [0.1, 0.15) is 0 Å². The third-order valence-corrected chi connectivity index (χ3v) is 2.30. The molecule has 0 spiro atoms. The third kappa shape index (κ3) is 6.28. The van der Waals surface area contributed by atoms with E-state index >= 15 is 0 Å². The summed E-state index contributed by atoms with van der Waals surface area (Å²) in [6, 6.07) is 3.39. The summed E-state index contributed by atoms with van der Waals surface area (Å²) in [5, 5.41) is 0. The van der Waals surface area contributed by atoms with Crippen LogP contribution in [0.15, 0.2) is 18.3 Å². The molecule has 0 radical (unpaired) electrons. The second-order valence-electron chi connectivity index (χ2n) is 3.69. The van der Waals surface area contributed by atoms with Crippen LogP contribution in [0.4, 0.5) is 0 Å². The second-order valence-corrected chi connectivity index (χ2v) is 3.69. The lowest BCUT2D eigenvalue weighted by atomic mass is 10.2. The van der Waals surface area contributed by atoms with E-state index in [2.05, 4.69) is 9.72 Å². The average molecular weight is 269 g/mol. The van der Waals surface area contributed by atoms with Crippen LogP contribution < -0.4 is 0 Å². The molecule has 19 heavy (non-hydrogen) atoms. The SMILES string of the molecule is COCCOCCOCc1ccc(C(=O)OC)cn1. The number of pyridine rings is 1. The monoisotopic (exact) mass is 269 g/mol. The highest BCUT2D eigenvalue weighted by Crippen LogP contribution is 2.03. The van der Waals surface area contributed by atoms with Crippen LogP contribution in [0.2, 0.25) is 0 Å². The van der Waals surface area contributed by atoms with Gasteiger partial charge in [-0.1, -0.05) is 0 Å². The highest BCUT2D eigenvalue weighted by atomic mass is 16.5. The van der Waals surface area contributed by atoms with Crippen molar-refractivity contribution in [1.29, 1.82) is 0 Å². The Balaban J connectivity index is 2.18. The molecule has 0 fully saturated rings. The summed E-state index contributed by atoms with van der Waals surface area (Å²) in [5.41, 5.74) is 1.18. The van der Waals surface area contributed by atoms with Gasteiger partial charge >= 0.3 is 5.97 Å². The number of esters is 1. The molecule has 6 nitrogen and oxygen atoms in total. The van der Waals surface area contributed by atoms with Gasteiger partial charge in [0, 0.05) is 13.3 Å². The van der Waals surface area contributed by atoms with Crippen LogP contribution in [0.3, 0.4) is 0 Å². The molecule has 0 saturated heterocycles. The molecule has 1 rings (SSSR count). The van der Waals surface area contributed by atoms with E-state index in [1.165, 1.54) is 13.3 Å². The molecule has 0 aromatic carbocycles. The largest absolute Gasteiger partial charge is 0.465 e. The zero-order chi connectivity index (χ0) is 13.9. The van der Waals surface area contributed by atoms with E-state index in [0.29, 0.717) is 38.6 Å². The third-order valence-electron chi connectivity index (χ3n) is 2.30. The number of hydrogen-bond acceptors (Lipinski definition) is 6. The van der Waals surface area contributed by atoms with E-state index in [-0.39, 0.29) is 0 Å². The Labute approximate surface area is 112 Å². The number of methoxy groups -OCH3 is 2. The van der Waals surface area contributed by atoms with Crippen molar-refractivity contribution < 1.29 is 23.7 Å². The number of hydrogen-bond donors (Lipinski definition) is 0. The molecule has 0 aliphatic carbocycles. The molecule has 0 N–H and O–H groups in total. The average Bonchev–Trinajstić information content (AvgIpc) is 2.46. The molecular formula is C13H19NO5. The zero-order valence-corrected chi connectivity index (χ0v) is 11.3. The van der Waals surface area contributed by atoms with E-state index in [1.54, 1.807) is 19.2 Å². The Morgan fingerprint density at radius 3 is 2.47 bits per heavy atom. The molecule has 1 heterocycles. The first-order valence-electron chi connectivity index (χ1n) is 5.95. The smallest absolute Gasteiger partial charge is 0.339 e. The minimum atomic E-state index is -0.397. The lowest BCUT2D eigenvalue weighted by molar-refractivity contribution is 0.0192. The first-order valence-corrected chi connectivity index (χ1v) is 5.95. The van der Waals surface area contributed by atoms with Gasteiger partial charge in [0.15, 0.2) is 0 Å². The maximum absolute atomic E-state index is 11.2. The van der Waals surface area contributed by atoms with Crippen molar-refractivity contribution in [3.8, 4) is 0 Å². The molecule has 1 aromatic heterocycles. The molecule has 0 amide bonds.